The van der Waals surface area contributed by atoms with E-state index in [9.17, 15) is 19.8 Å². The molecular weight excluding hydrogens is 528 g/mol. The summed E-state index contributed by atoms with van der Waals surface area (Å²) < 4.78 is 4.96. The van der Waals surface area contributed by atoms with Gasteiger partial charge in [0.15, 0.2) is 0 Å². The van der Waals surface area contributed by atoms with Crippen molar-refractivity contribution in [1.29, 1.82) is 0 Å². The van der Waals surface area contributed by atoms with Crippen LogP contribution in [-0.2, 0) is 29.0 Å². The van der Waals surface area contributed by atoms with Crippen molar-refractivity contribution in [3.8, 4) is 11.5 Å². The number of fused-ring (bicyclic) bond motifs is 1. The highest BCUT2D eigenvalue weighted by Crippen LogP contribution is 2.35. The van der Waals surface area contributed by atoms with E-state index >= 15 is 0 Å². The van der Waals surface area contributed by atoms with Gasteiger partial charge in [-0.2, -0.15) is 0 Å². The van der Waals surface area contributed by atoms with Gasteiger partial charge in [-0.25, -0.2) is 4.79 Å². The van der Waals surface area contributed by atoms with Gasteiger partial charge in [0.05, 0.1) is 12.2 Å². The van der Waals surface area contributed by atoms with Gasteiger partial charge in [0, 0.05) is 37.8 Å². The second-order valence-corrected chi connectivity index (χ2v) is 11.5. The van der Waals surface area contributed by atoms with Crippen molar-refractivity contribution in [2.75, 3.05) is 19.7 Å². The van der Waals surface area contributed by atoms with E-state index in [-0.39, 0.29) is 34.9 Å². The Hall–Kier alpha value is -4.10. The van der Waals surface area contributed by atoms with Crippen molar-refractivity contribution in [3.63, 3.8) is 0 Å². The van der Waals surface area contributed by atoms with Crippen LogP contribution >= 0.6 is 0 Å². The molecule has 5 rings (SSSR count). The van der Waals surface area contributed by atoms with Crippen molar-refractivity contribution < 1.29 is 24.5 Å². The average molecular weight is 569 g/mol. The predicted octanol–water partition coefficient (Wildman–Crippen LogP) is 6.33. The third-order valence-corrected chi connectivity index (χ3v) is 8.35. The summed E-state index contributed by atoms with van der Waals surface area (Å²) in [5.74, 6) is -0.707. The topological polar surface area (TPSA) is 90.3 Å². The van der Waals surface area contributed by atoms with Crippen LogP contribution in [0.4, 0.5) is 0 Å². The predicted molar refractivity (Wildman–Crippen MR) is 163 cm³/mol. The quantitative estimate of drug-likeness (QED) is 0.232. The minimum Gasteiger partial charge on any atom is -0.508 e. The molecule has 3 aromatic rings. The van der Waals surface area contributed by atoms with Gasteiger partial charge in [-0.05, 0) is 84.2 Å². The van der Waals surface area contributed by atoms with Gasteiger partial charge in [-0.3, -0.25) is 9.69 Å². The first-order valence-corrected chi connectivity index (χ1v) is 14.9. The van der Waals surface area contributed by atoms with Gasteiger partial charge in [-0.1, -0.05) is 56.3 Å². The summed E-state index contributed by atoms with van der Waals surface area (Å²) >= 11 is 0. The Morgan fingerprint density at radius 2 is 1.76 bits per heavy atom. The number of rotatable bonds is 9. The molecule has 2 aliphatic heterocycles. The Morgan fingerprint density at radius 1 is 1.00 bits per heavy atom. The zero-order chi connectivity index (χ0) is 29.8. The molecule has 42 heavy (non-hydrogen) atoms. The number of hydrogen-bond donors (Lipinski definition) is 2. The van der Waals surface area contributed by atoms with E-state index in [2.05, 4.69) is 47.4 Å². The number of phenols is 2. The number of likely N-dealkylation sites (tertiary alicyclic amines) is 1. The third-order valence-electron chi connectivity index (χ3n) is 8.35. The van der Waals surface area contributed by atoms with Crippen LogP contribution in [0.15, 0.2) is 60.7 Å². The van der Waals surface area contributed by atoms with Crippen LogP contribution < -0.4 is 0 Å². The molecule has 7 heteroatoms. The first-order chi connectivity index (χ1) is 20.2. The first-order valence-electron chi connectivity index (χ1n) is 14.9. The molecule has 0 spiro atoms. The SMILES string of the molecule is CCOC(=O)/C=C/c1ccc(C2CCCN2CCc2ccc3c(c2)CN(C(=O)c2cc(C(C)C)c(O)cc2O)C3)cc1. The molecule has 7 nitrogen and oxygen atoms in total. The number of amides is 1. The van der Waals surface area contributed by atoms with Crippen LogP contribution in [-0.4, -0.2) is 51.6 Å². The standard InChI is InChI=1S/C35H40N2O5/c1-4-42-34(40)14-10-24-7-11-26(12-8-24)31-6-5-16-36(31)17-15-25-9-13-27-21-37(22-28(27)18-25)35(41)30-19-29(23(2)3)32(38)20-33(30)39/h7-14,18-20,23,31,38-39H,4-6,15-17,21-22H2,1-3H3/b14-10+. The summed E-state index contributed by atoms with van der Waals surface area (Å²) in [6.45, 7) is 9.09. The molecule has 2 N–H and O–H groups in total. The molecule has 0 saturated carbocycles. The second kappa shape index (κ2) is 12.8. The number of ether oxygens (including phenoxy) is 1. The van der Waals surface area contributed by atoms with E-state index in [1.807, 2.05) is 13.8 Å². The van der Waals surface area contributed by atoms with Crippen LogP contribution in [0.2, 0.25) is 0 Å². The summed E-state index contributed by atoms with van der Waals surface area (Å²) in [4.78, 5) is 29.2. The second-order valence-electron chi connectivity index (χ2n) is 11.5. The Bertz CT molecular complexity index is 1480. The Balaban J connectivity index is 1.20. The molecule has 2 heterocycles. The fourth-order valence-corrected chi connectivity index (χ4v) is 6.07. The third kappa shape index (κ3) is 6.52. The maximum atomic E-state index is 13.3. The maximum Gasteiger partial charge on any atom is 0.330 e. The van der Waals surface area contributed by atoms with Gasteiger partial charge in [0.1, 0.15) is 11.5 Å². The Morgan fingerprint density at radius 3 is 2.50 bits per heavy atom. The lowest BCUT2D eigenvalue weighted by atomic mass is 9.98. The molecule has 0 radical (unpaired) electrons. The van der Waals surface area contributed by atoms with Gasteiger partial charge in [0.2, 0.25) is 0 Å². The lowest BCUT2D eigenvalue weighted by Gasteiger charge is -2.25. The van der Waals surface area contributed by atoms with E-state index in [1.54, 1.807) is 24.0 Å². The number of benzene rings is 3. The molecule has 2 aliphatic rings. The van der Waals surface area contributed by atoms with Crippen molar-refractivity contribution in [2.24, 2.45) is 0 Å². The van der Waals surface area contributed by atoms with Gasteiger partial charge < -0.3 is 19.8 Å². The van der Waals surface area contributed by atoms with Crippen molar-refractivity contribution in [2.45, 2.75) is 65.1 Å². The van der Waals surface area contributed by atoms with Crippen molar-refractivity contribution in [3.05, 3.63) is 99.6 Å². The van der Waals surface area contributed by atoms with Crippen molar-refractivity contribution >= 4 is 18.0 Å². The summed E-state index contributed by atoms with van der Waals surface area (Å²) in [6.07, 6.45) is 6.47. The summed E-state index contributed by atoms with van der Waals surface area (Å²) in [5, 5.41) is 20.6. The smallest absolute Gasteiger partial charge is 0.330 e. The fourth-order valence-electron chi connectivity index (χ4n) is 6.07. The highest BCUT2D eigenvalue weighted by molar-refractivity contribution is 5.97. The van der Waals surface area contributed by atoms with E-state index in [0.29, 0.717) is 31.3 Å². The van der Waals surface area contributed by atoms with Gasteiger partial charge in [-0.15, -0.1) is 0 Å². The highest BCUT2D eigenvalue weighted by Gasteiger charge is 2.28. The lowest BCUT2D eigenvalue weighted by molar-refractivity contribution is -0.137. The number of nitrogens with zero attached hydrogens (tertiary/aromatic N) is 2. The zero-order valence-corrected chi connectivity index (χ0v) is 24.7. The number of carbonyl (C=O) groups is 2. The van der Waals surface area contributed by atoms with E-state index in [4.69, 9.17) is 4.74 Å². The molecule has 220 valence electrons. The average Bonchev–Trinajstić information content (AvgIpc) is 3.62. The van der Waals surface area contributed by atoms with Crippen LogP contribution in [0, 0.1) is 0 Å². The van der Waals surface area contributed by atoms with Crippen LogP contribution in [0.1, 0.15) is 89.3 Å². The fraction of sp³-hybridized carbons (Fsp3) is 0.371. The number of phenolic OH excluding ortho intramolecular Hbond substituents is 2. The number of carbonyl (C=O) groups excluding carboxylic acids is 2. The number of esters is 1. The molecule has 3 aromatic carbocycles. The zero-order valence-electron chi connectivity index (χ0n) is 24.7. The number of hydrogen-bond acceptors (Lipinski definition) is 6. The summed E-state index contributed by atoms with van der Waals surface area (Å²) in [6, 6.07) is 18.2. The Kier molecular flexibility index (Phi) is 8.97. The largest absolute Gasteiger partial charge is 0.508 e. The number of aromatic hydroxyl groups is 2. The van der Waals surface area contributed by atoms with Crippen LogP contribution in [0.3, 0.4) is 0 Å². The molecule has 0 aromatic heterocycles. The summed E-state index contributed by atoms with van der Waals surface area (Å²) in [7, 11) is 0. The molecule has 1 atom stereocenters. The van der Waals surface area contributed by atoms with Gasteiger partial charge in [0.25, 0.3) is 5.91 Å². The Labute approximate surface area is 248 Å². The summed E-state index contributed by atoms with van der Waals surface area (Å²) in [5.41, 5.74) is 6.68. The van der Waals surface area contributed by atoms with Gasteiger partial charge >= 0.3 is 5.97 Å². The van der Waals surface area contributed by atoms with Crippen LogP contribution in [0.5, 0.6) is 11.5 Å². The molecule has 1 fully saturated rings. The van der Waals surface area contributed by atoms with Crippen LogP contribution in [0.25, 0.3) is 6.08 Å². The highest BCUT2D eigenvalue weighted by atomic mass is 16.5. The maximum absolute atomic E-state index is 13.3. The van der Waals surface area contributed by atoms with E-state index < -0.39 is 0 Å². The first kappa shape index (κ1) is 29.4. The normalized spacial score (nSPS) is 16.9. The van der Waals surface area contributed by atoms with E-state index in [1.165, 1.54) is 29.7 Å². The molecule has 0 bridgehead atoms. The molecule has 1 unspecified atom stereocenters. The monoisotopic (exact) mass is 568 g/mol. The van der Waals surface area contributed by atoms with E-state index in [0.717, 1.165) is 42.6 Å². The molecule has 1 amide bonds. The molecule has 0 aliphatic carbocycles. The molecule has 1 saturated heterocycles. The minimum absolute atomic E-state index is 0.00819. The molecular formula is C35H40N2O5. The minimum atomic E-state index is -0.328. The lowest BCUT2D eigenvalue weighted by Crippen LogP contribution is -2.26. The van der Waals surface area contributed by atoms with Crippen molar-refractivity contribution in [1.82, 2.24) is 9.80 Å².